The summed E-state index contributed by atoms with van der Waals surface area (Å²) in [5.74, 6) is 0.209. The number of amides is 1. The molecule has 2 fully saturated rings. The van der Waals surface area contributed by atoms with E-state index in [1.54, 1.807) is 18.5 Å². The van der Waals surface area contributed by atoms with Crippen molar-refractivity contribution in [2.24, 2.45) is 0 Å². The van der Waals surface area contributed by atoms with Gasteiger partial charge >= 0.3 is 0 Å². The Labute approximate surface area is 215 Å². The zero-order chi connectivity index (χ0) is 25.6. The summed E-state index contributed by atoms with van der Waals surface area (Å²) in [6.07, 6.45) is 5.96. The molecule has 1 atom stereocenters. The van der Waals surface area contributed by atoms with Crippen LogP contribution >= 0.6 is 0 Å². The van der Waals surface area contributed by atoms with Crippen LogP contribution in [-0.2, 0) is 16.6 Å². The number of hydrogen-bond acceptors (Lipinski definition) is 6. The van der Waals surface area contributed by atoms with E-state index in [2.05, 4.69) is 32.5 Å². The summed E-state index contributed by atoms with van der Waals surface area (Å²) in [7, 11) is 2.07. The average molecular weight is 506 g/mol. The van der Waals surface area contributed by atoms with Crippen molar-refractivity contribution in [2.75, 3.05) is 45.3 Å². The van der Waals surface area contributed by atoms with Gasteiger partial charge < -0.3 is 25.1 Å². The van der Waals surface area contributed by atoms with Crippen molar-refractivity contribution in [2.45, 2.75) is 37.6 Å². The molecule has 1 saturated heterocycles. The second-order valence-corrected chi connectivity index (χ2v) is 10.2. The Morgan fingerprint density at radius 2 is 2.19 bits per heavy atom. The molecular weight excluding hydrogens is 473 g/mol. The first kappa shape index (κ1) is 23.9. The number of pyridine rings is 1. The predicted octanol–water partition coefficient (Wildman–Crippen LogP) is 4.01. The van der Waals surface area contributed by atoms with Crippen molar-refractivity contribution in [3.8, 4) is 17.0 Å². The largest absolute Gasteiger partial charge is 0.490 e. The molecule has 1 aromatic carbocycles. The van der Waals surface area contributed by atoms with Crippen molar-refractivity contribution in [1.82, 2.24) is 20.2 Å². The van der Waals surface area contributed by atoms with Crippen molar-refractivity contribution < 1.29 is 18.7 Å². The molecule has 1 saturated carbocycles. The van der Waals surface area contributed by atoms with Crippen LogP contribution in [0.25, 0.3) is 11.3 Å². The fourth-order valence-corrected chi connectivity index (χ4v) is 5.43. The fourth-order valence-electron chi connectivity index (χ4n) is 5.43. The number of hydrogen-bond donors (Lipinski definition) is 3. The van der Waals surface area contributed by atoms with E-state index >= 15 is 0 Å². The molecule has 6 rings (SSSR count). The van der Waals surface area contributed by atoms with Crippen LogP contribution in [0.3, 0.4) is 0 Å². The van der Waals surface area contributed by atoms with Gasteiger partial charge in [-0.2, -0.15) is 0 Å². The maximum atomic E-state index is 14.7. The Balaban J connectivity index is 1.44. The number of aromatic amines is 1. The highest BCUT2D eigenvalue weighted by atomic mass is 19.1. The van der Waals surface area contributed by atoms with E-state index in [0.717, 1.165) is 42.9 Å². The SMILES string of the molecule is CCc1c(F)cccc1Nc1c(-c2ccncc2OCC2COCCN2C)[nH]c2c1C(=O)NCC21CC1. The van der Waals surface area contributed by atoms with Crippen LogP contribution in [0.5, 0.6) is 5.75 Å². The van der Waals surface area contributed by atoms with Gasteiger partial charge in [-0.3, -0.25) is 14.7 Å². The minimum Gasteiger partial charge on any atom is -0.490 e. The second kappa shape index (κ2) is 9.46. The van der Waals surface area contributed by atoms with E-state index in [1.165, 1.54) is 6.07 Å². The van der Waals surface area contributed by atoms with Gasteiger partial charge in [0.05, 0.1) is 42.4 Å². The van der Waals surface area contributed by atoms with Gasteiger partial charge in [0.2, 0.25) is 0 Å². The van der Waals surface area contributed by atoms with E-state index in [4.69, 9.17) is 9.47 Å². The fraction of sp³-hybridized carbons (Fsp3) is 0.429. The first-order chi connectivity index (χ1) is 18.0. The number of anilines is 2. The third-order valence-corrected chi connectivity index (χ3v) is 7.94. The lowest BCUT2D eigenvalue weighted by Gasteiger charge is -2.32. The summed E-state index contributed by atoms with van der Waals surface area (Å²) in [5, 5.41) is 6.51. The van der Waals surface area contributed by atoms with Gasteiger partial charge in [-0.1, -0.05) is 13.0 Å². The van der Waals surface area contributed by atoms with E-state index in [1.807, 2.05) is 19.1 Å². The number of carbonyl (C=O) groups is 1. The number of morpholine rings is 1. The maximum Gasteiger partial charge on any atom is 0.255 e. The van der Waals surface area contributed by atoms with E-state index in [0.29, 0.717) is 54.4 Å². The minimum absolute atomic E-state index is 0.0797. The van der Waals surface area contributed by atoms with Gasteiger partial charge in [0.1, 0.15) is 18.2 Å². The highest BCUT2D eigenvalue weighted by Gasteiger charge is 2.51. The molecule has 0 bridgehead atoms. The normalized spacial score (nSPS) is 20.4. The van der Waals surface area contributed by atoms with Crippen LogP contribution < -0.4 is 15.4 Å². The Morgan fingerprint density at radius 1 is 1.32 bits per heavy atom. The molecular formula is C28H32FN5O3. The number of fused-ring (bicyclic) bond motifs is 2. The lowest BCUT2D eigenvalue weighted by molar-refractivity contribution is -0.0107. The van der Waals surface area contributed by atoms with E-state index < -0.39 is 0 Å². The molecule has 1 unspecified atom stereocenters. The van der Waals surface area contributed by atoms with Gasteiger partial charge in [-0.05, 0) is 44.5 Å². The summed E-state index contributed by atoms with van der Waals surface area (Å²) in [5.41, 5.74) is 4.84. The molecule has 9 heteroatoms. The maximum absolute atomic E-state index is 14.7. The lowest BCUT2D eigenvalue weighted by Crippen LogP contribution is -2.46. The summed E-state index contributed by atoms with van der Waals surface area (Å²) in [4.78, 5) is 23.4. The van der Waals surface area contributed by atoms with Gasteiger partial charge in [-0.25, -0.2) is 4.39 Å². The van der Waals surface area contributed by atoms with Crippen LogP contribution in [-0.4, -0.2) is 66.8 Å². The van der Waals surface area contributed by atoms with E-state index in [-0.39, 0.29) is 23.2 Å². The quantitative estimate of drug-likeness (QED) is 0.450. The molecule has 37 heavy (non-hydrogen) atoms. The number of rotatable bonds is 7. The van der Waals surface area contributed by atoms with Crippen molar-refractivity contribution >= 4 is 17.3 Å². The first-order valence-electron chi connectivity index (χ1n) is 12.9. The number of aromatic nitrogens is 2. The van der Waals surface area contributed by atoms with Gasteiger partial charge in [0.15, 0.2) is 0 Å². The third-order valence-electron chi connectivity index (χ3n) is 7.94. The molecule has 3 N–H and O–H groups in total. The third kappa shape index (κ3) is 4.26. The number of nitrogens with zero attached hydrogens (tertiary/aromatic N) is 2. The minimum atomic E-state index is -0.270. The summed E-state index contributed by atoms with van der Waals surface area (Å²) in [6, 6.07) is 7.02. The number of nitrogens with one attached hydrogen (secondary N) is 3. The standard InChI is InChI=1S/C28H32FN5O3/c1-3-18-20(29)5-4-6-21(18)32-25-23-26(28(8-9-28)16-31-27(23)35)33-24(25)19-7-10-30-13-22(19)37-15-17-14-36-12-11-34(17)2/h4-7,10,13,17,32-33H,3,8-9,11-12,14-16H2,1-2H3,(H,31,35). The highest BCUT2D eigenvalue weighted by molar-refractivity contribution is 6.07. The van der Waals surface area contributed by atoms with Gasteiger partial charge in [0.25, 0.3) is 5.91 Å². The highest BCUT2D eigenvalue weighted by Crippen LogP contribution is 2.54. The van der Waals surface area contributed by atoms with Crippen LogP contribution in [0.15, 0.2) is 36.7 Å². The van der Waals surface area contributed by atoms with Crippen LogP contribution in [0.4, 0.5) is 15.8 Å². The zero-order valence-corrected chi connectivity index (χ0v) is 21.2. The monoisotopic (exact) mass is 505 g/mol. The smallest absolute Gasteiger partial charge is 0.255 e. The molecule has 1 amide bonds. The Kier molecular flexibility index (Phi) is 6.12. The molecule has 2 aromatic heterocycles. The molecule has 3 aliphatic rings. The summed E-state index contributed by atoms with van der Waals surface area (Å²) >= 11 is 0. The van der Waals surface area contributed by atoms with Crippen molar-refractivity contribution in [1.29, 1.82) is 0 Å². The summed E-state index contributed by atoms with van der Waals surface area (Å²) < 4.78 is 26.6. The topological polar surface area (TPSA) is 91.5 Å². The Bertz CT molecular complexity index is 1340. The van der Waals surface area contributed by atoms with Crippen LogP contribution in [0.2, 0.25) is 0 Å². The van der Waals surface area contributed by atoms with Gasteiger partial charge in [0, 0.05) is 47.2 Å². The molecule has 4 heterocycles. The number of ether oxygens (including phenoxy) is 2. The number of benzene rings is 1. The van der Waals surface area contributed by atoms with Gasteiger partial charge in [-0.15, -0.1) is 0 Å². The Morgan fingerprint density at radius 3 is 2.97 bits per heavy atom. The second-order valence-electron chi connectivity index (χ2n) is 10.2. The molecule has 8 nitrogen and oxygen atoms in total. The van der Waals surface area contributed by atoms with Crippen molar-refractivity contribution in [3.63, 3.8) is 0 Å². The molecule has 1 aliphatic carbocycles. The lowest BCUT2D eigenvalue weighted by atomic mass is 9.93. The molecule has 2 aliphatic heterocycles. The Hall–Kier alpha value is -3.43. The number of likely N-dealkylation sites (N-methyl/N-ethyl adjacent to an activating group) is 1. The van der Waals surface area contributed by atoms with Crippen LogP contribution in [0.1, 0.15) is 41.4 Å². The predicted molar refractivity (Wildman–Crippen MR) is 139 cm³/mol. The molecule has 3 aromatic rings. The molecule has 0 radical (unpaired) electrons. The molecule has 1 spiro atoms. The molecule has 194 valence electrons. The number of H-pyrrole nitrogens is 1. The number of carbonyl (C=O) groups excluding carboxylic acids is 1. The summed E-state index contributed by atoms with van der Waals surface area (Å²) in [6.45, 7) is 5.17. The zero-order valence-electron chi connectivity index (χ0n) is 21.2. The average Bonchev–Trinajstić information content (AvgIpc) is 3.59. The number of halogens is 1. The van der Waals surface area contributed by atoms with Crippen molar-refractivity contribution in [3.05, 3.63) is 59.3 Å². The van der Waals surface area contributed by atoms with E-state index in [9.17, 15) is 9.18 Å². The first-order valence-corrected chi connectivity index (χ1v) is 12.9. The van der Waals surface area contributed by atoms with Crippen LogP contribution in [0, 0.1) is 5.82 Å².